The molecule has 1 aliphatic carbocycles. The quantitative estimate of drug-likeness (QED) is 0.617. The Morgan fingerprint density at radius 3 is 2.00 bits per heavy atom. The first-order chi connectivity index (χ1) is 9.57. The summed E-state index contributed by atoms with van der Waals surface area (Å²) in [4.78, 5) is 9.33. The fourth-order valence-electron chi connectivity index (χ4n) is 3.22. The standard InChI is InChI=1S/C18H29ClN2/c1-17(2,3)13-9-7-12(8-10-13)16-20-14(18(4,5)6)11-15(19)21-16/h11-13H,7-10H2,1-6H3. The number of nitrogens with zero attached hydrogens (tertiary/aromatic N) is 2. The van der Waals surface area contributed by atoms with Crippen molar-refractivity contribution in [2.45, 2.75) is 78.6 Å². The van der Waals surface area contributed by atoms with Gasteiger partial charge in [0.25, 0.3) is 0 Å². The first-order valence-corrected chi connectivity index (χ1v) is 8.50. The van der Waals surface area contributed by atoms with Crippen molar-refractivity contribution in [2.24, 2.45) is 11.3 Å². The summed E-state index contributed by atoms with van der Waals surface area (Å²) < 4.78 is 0. The van der Waals surface area contributed by atoms with Crippen molar-refractivity contribution in [3.8, 4) is 0 Å². The molecule has 118 valence electrons. The predicted molar refractivity (Wildman–Crippen MR) is 89.9 cm³/mol. The molecule has 2 nitrogen and oxygen atoms in total. The molecular formula is C18H29ClN2. The molecule has 0 spiro atoms. The minimum atomic E-state index is 0.0178. The van der Waals surface area contributed by atoms with Crippen LogP contribution in [0.25, 0.3) is 0 Å². The molecule has 1 aliphatic rings. The topological polar surface area (TPSA) is 25.8 Å². The first kappa shape index (κ1) is 16.7. The molecule has 1 aromatic rings. The molecular weight excluding hydrogens is 280 g/mol. The lowest BCUT2D eigenvalue weighted by Crippen LogP contribution is -2.26. The Hall–Kier alpha value is -0.630. The van der Waals surface area contributed by atoms with E-state index >= 15 is 0 Å². The number of hydrogen-bond acceptors (Lipinski definition) is 2. The molecule has 1 saturated carbocycles. The van der Waals surface area contributed by atoms with Gasteiger partial charge in [0.2, 0.25) is 0 Å². The molecule has 0 aromatic carbocycles. The van der Waals surface area contributed by atoms with Crippen molar-refractivity contribution >= 4 is 11.6 Å². The van der Waals surface area contributed by atoms with E-state index in [1.54, 1.807) is 0 Å². The van der Waals surface area contributed by atoms with E-state index in [-0.39, 0.29) is 5.41 Å². The Bertz CT molecular complexity index is 489. The second-order valence-corrected chi connectivity index (χ2v) is 8.99. The molecule has 0 amide bonds. The summed E-state index contributed by atoms with van der Waals surface area (Å²) in [5.41, 5.74) is 1.48. The third kappa shape index (κ3) is 4.18. The maximum atomic E-state index is 6.23. The van der Waals surface area contributed by atoms with Gasteiger partial charge < -0.3 is 0 Å². The summed E-state index contributed by atoms with van der Waals surface area (Å²) in [6.07, 6.45) is 4.92. The van der Waals surface area contributed by atoms with Crippen LogP contribution in [-0.4, -0.2) is 9.97 Å². The van der Waals surface area contributed by atoms with Crippen LogP contribution in [0.15, 0.2) is 6.07 Å². The van der Waals surface area contributed by atoms with Crippen molar-refractivity contribution in [3.05, 3.63) is 22.7 Å². The van der Waals surface area contributed by atoms with Gasteiger partial charge >= 0.3 is 0 Å². The summed E-state index contributed by atoms with van der Waals surface area (Å²) in [7, 11) is 0. The van der Waals surface area contributed by atoms with Gasteiger partial charge in [0.1, 0.15) is 11.0 Å². The van der Waals surface area contributed by atoms with Crippen LogP contribution in [-0.2, 0) is 5.41 Å². The van der Waals surface area contributed by atoms with Gasteiger partial charge in [-0.15, -0.1) is 0 Å². The van der Waals surface area contributed by atoms with Crippen LogP contribution in [0, 0.1) is 11.3 Å². The SMILES string of the molecule is CC(C)(C)c1cc(Cl)nc(C2CCC(C(C)(C)C)CC2)n1. The van der Waals surface area contributed by atoms with Gasteiger partial charge in [-0.05, 0) is 43.1 Å². The largest absolute Gasteiger partial charge is 0.237 e. The third-order valence-corrected chi connectivity index (χ3v) is 4.99. The van der Waals surface area contributed by atoms with Gasteiger partial charge in [0.05, 0.1) is 5.69 Å². The molecule has 1 heterocycles. The zero-order valence-corrected chi connectivity index (χ0v) is 15.1. The second kappa shape index (κ2) is 5.87. The fourth-order valence-corrected chi connectivity index (χ4v) is 3.41. The minimum Gasteiger partial charge on any atom is -0.237 e. The highest BCUT2D eigenvalue weighted by Gasteiger charge is 2.31. The molecule has 0 N–H and O–H groups in total. The Balaban J connectivity index is 2.16. The molecule has 21 heavy (non-hydrogen) atoms. The Morgan fingerprint density at radius 2 is 1.52 bits per heavy atom. The predicted octanol–water partition coefficient (Wildman–Crippen LogP) is 5.75. The van der Waals surface area contributed by atoms with Gasteiger partial charge in [-0.3, -0.25) is 0 Å². The highest BCUT2D eigenvalue weighted by molar-refractivity contribution is 6.29. The molecule has 2 rings (SSSR count). The van der Waals surface area contributed by atoms with Crippen molar-refractivity contribution < 1.29 is 0 Å². The van der Waals surface area contributed by atoms with E-state index < -0.39 is 0 Å². The van der Waals surface area contributed by atoms with Crippen LogP contribution in [0.4, 0.5) is 0 Å². The normalized spacial score (nSPS) is 24.1. The molecule has 3 heteroatoms. The van der Waals surface area contributed by atoms with Gasteiger partial charge in [-0.2, -0.15) is 0 Å². The highest BCUT2D eigenvalue weighted by Crippen LogP contribution is 2.42. The molecule has 0 saturated heterocycles. The van der Waals surface area contributed by atoms with Crippen molar-refractivity contribution in [3.63, 3.8) is 0 Å². The van der Waals surface area contributed by atoms with Crippen LogP contribution in [0.1, 0.15) is 84.7 Å². The number of aromatic nitrogens is 2. The average molecular weight is 309 g/mol. The smallest absolute Gasteiger partial charge is 0.133 e. The van der Waals surface area contributed by atoms with Crippen LogP contribution >= 0.6 is 11.6 Å². The van der Waals surface area contributed by atoms with E-state index in [1.165, 1.54) is 25.7 Å². The van der Waals surface area contributed by atoms with Gasteiger partial charge in [-0.25, -0.2) is 9.97 Å². The second-order valence-electron chi connectivity index (χ2n) is 8.60. The van der Waals surface area contributed by atoms with E-state index in [1.807, 2.05) is 6.07 Å². The van der Waals surface area contributed by atoms with Crippen LogP contribution in [0.3, 0.4) is 0 Å². The van der Waals surface area contributed by atoms with Crippen molar-refractivity contribution in [2.75, 3.05) is 0 Å². The van der Waals surface area contributed by atoms with Crippen LogP contribution in [0.5, 0.6) is 0 Å². The average Bonchev–Trinajstić information content (AvgIpc) is 2.36. The van der Waals surface area contributed by atoms with E-state index in [2.05, 4.69) is 46.5 Å². The van der Waals surface area contributed by atoms with E-state index in [0.717, 1.165) is 17.4 Å². The number of hydrogen-bond donors (Lipinski definition) is 0. The lowest BCUT2D eigenvalue weighted by Gasteiger charge is -2.36. The maximum absolute atomic E-state index is 6.23. The van der Waals surface area contributed by atoms with E-state index in [4.69, 9.17) is 16.6 Å². The Kier molecular flexibility index (Phi) is 4.68. The van der Waals surface area contributed by atoms with Gasteiger partial charge in [-0.1, -0.05) is 53.1 Å². The molecule has 0 radical (unpaired) electrons. The zero-order valence-electron chi connectivity index (χ0n) is 14.3. The lowest BCUT2D eigenvalue weighted by atomic mass is 9.69. The Labute approximate surface area is 134 Å². The van der Waals surface area contributed by atoms with Crippen molar-refractivity contribution in [1.29, 1.82) is 0 Å². The minimum absolute atomic E-state index is 0.0178. The summed E-state index contributed by atoms with van der Waals surface area (Å²) in [5.74, 6) is 2.25. The summed E-state index contributed by atoms with van der Waals surface area (Å²) >= 11 is 6.23. The summed E-state index contributed by atoms with van der Waals surface area (Å²) in [6.45, 7) is 13.6. The maximum Gasteiger partial charge on any atom is 0.133 e. The van der Waals surface area contributed by atoms with Gasteiger partial charge in [0, 0.05) is 11.3 Å². The summed E-state index contributed by atoms with van der Waals surface area (Å²) in [5, 5.41) is 0.586. The van der Waals surface area contributed by atoms with Gasteiger partial charge in [0.15, 0.2) is 0 Å². The number of halogens is 1. The van der Waals surface area contributed by atoms with Crippen molar-refractivity contribution in [1.82, 2.24) is 9.97 Å². The molecule has 0 aliphatic heterocycles. The first-order valence-electron chi connectivity index (χ1n) is 8.12. The summed E-state index contributed by atoms with van der Waals surface area (Å²) in [6, 6.07) is 1.91. The molecule has 0 atom stereocenters. The monoisotopic (exact) mass is 308 g/mol. The highest BCUT2D eigenvalue weighted by atomic mass is 35.5. The Morgan fingerprint density at radius 1 is 0.952 bits per heavy atom. The third-order valence-electron chi connectivity index (χ3n) is 4.80. The molecule has 0 bridgehead atoms. The molecule has 1 aromatic heterocycles. The molecule has 0 unspecified atom stereocenters. The number of rotatable bonds is 1. The van der Waals surface area contributed by atoms with E-state index in [0.29, 0.717) is 16.5 Å². The lowest BCUT2D eigenvalue weighted by molar-refractivity contribution is 0.167. The van der Waals surface area contributed by atoms with Crippen LogP contribution in [0.2, 0.25) is 5.15 Å². The van der Waals surface area contributed by atoms with E-state index in [9.17, 15) is 0 Å². The van der Waals surface area contributed by atoms with Crippen LogP contribution < -0.4 is 0 Å². The fraction of sp³-hybridized carbons (Fsp3) is 0.778. The molecule has 1 fully saturated rings. The zero-order chi connectivity index (χ0) is 15.8.